The highest BCUT2D eigenvalue weighted by Gasteiger charge is 2.47. The minimum absolute atomic E-state index is 0.0673. The number of nitro groups is 1. The number of phenolic OH excluding ortho intramolecular Hbond substituents is 1. The lowest BCUT2D eigenvalue weighted by Crippen LogP contribution is -2.46. The fraction of sp³-hybridized carbons (Fsp3) is 0.417. The number of phenols is 1. The van der Waals surface area contributed by atoms with Gasteiger partial charge in [0.2, 0.25) is 0 Å². The van der Waals surface area contributed by atoms with Gasteiger partial charge in [-0.15, -0.1) is 0 Å². The predicted molar refractivity (Wildman–Crippen MR) is 63.8 cm³/mol. The second-order valence-electron chi connectivity index (χ2n) is 4.09. The summed E-state index contributed by atoms with van der Waals surface area (Å²) in [5.74, 6) is -0.791. The Bertz CT molecular complexity index is 442. The van der Waals surface area contributed by atoms with Crippen LogP contribution in [0, 0.1) is 10.1 Å². The van der Waals surface area contributed by atoms with Crippen LogP contribution in [0.2, 0.25) is 0 Å². The highest BCUT2D eigenvalue weighted by molar-refractivity contribution is 5.79. The van der Waals surface area contributed by atoms with Gasteiger partial charge in [0.15, 0.2) is 0 Å². The summed E-state index contributed by atoms with van der Waals surface area (Å²) >= 11 is 0. The first kappa shape index (κ1) is 14.0. The van der Waals surface area contributed by atoms with Gasteiger partial charge in [-0.25, -0.2) is 4.79 Å². The molecule has 1 unspecified atom stereocenters. The minimum atomic E-state index is -1.81. The summed E-state index contributed by atoms with van der Waals surface area (Å²) in [4.78, 5) is 22.1. The van der Waals surface area contributed by atoms with Crippen LogP contribution in [0.15, 0.2) is 24.3 Å². The van der Waals surface area contributed by atoms with Gasteiger partial charge in [0.1, 0.15) is 5.75 Å². The standard InChI is InChI=1S/C12H15NO5/c1-3-18-11(15)12(2,13(16)17)8-9-4-6-10(14)7-5-9/h4-7,14H,3,8H2,1-2H3. The molecular formula is C12H15NO5. The van der Waals surface area contributed by atoms with Crippen LogP contribution < -0.4 is 0 Å². The Morgan fingerprint density at radius 1 is 1.44 bits per heavy atom. The zero-order chi connectivity index (χ0) is 13.8. The molecule has 6 nitrogen and oxygen atoms in total. The zero-order valence-electron chi connectivity index (χ0n) is 10.3. The van der Waals surface area contributed by atoms with Crippen LogP contribution in [0.3, 0.4) is 0 Å². The third-order valence-corrected chi connectivity index (χ3v) is 2.60. The molecule has 0 spiro atoms. The number of hydrogen-bond acceptors (Lipinski definition) is 5. The second-order valence-corrected chi connectivity index (χ2v) is 4.09. The molecular weight excluding hydrogens is 238 g/mol. The molecule has 0 heterocycles. The average Bonchev–Trinajstić information content (AvgIpc) is 2.32. The maximum Gasteiger partial charge on any atom is 0.384 e. The van der Waals surface area contributed by atoms with Crippen LogP contribution in [-0.4, -0.2) is 28.1 Å². The molecule has 0 fully saturated rings. The molecule has 1 aromatic carbocycles. The van der Waals surface area contributed by atoms with E-state index < -0.39 is 16.4 Å². The van der Waals surface area contributed by atoms with E-state index >= 15 is 0 Å². The molecule has 0 radical (unpaired) electrons. The molecule has 1 atom stereocenters. The van der Waals surface area contributed by atoms with E-state index in [4.69, 9.17) is 9.84 Å². The number of aromatic hydroxyl groups is 1. The van der Waals surface area contributed by atoms with E-state index in [-0.39, 0.29) is 18.8 Å². The van der Waals surface area contributed by atoms with E-state index in [0.29, 0.717) is 5.56 Å². The first-order valence-electron chi connectivity index (χ1n) is 5.49. The van der Waals surface area contributed by atoms with Crippen molar-refractivity contribution < 1.29 is 19.6 Å². The largest absolute Gasteiger partial charge is 0.508 e. The highest BCUT2D eigenvalue weighted by atomic mass is 16.6. The van der Waals surface area contributed by atoms with Crippen molar-refractivity contribution in [3.63, 3.8) is 0 Å². The lowest BCUT2D eigenvalue weighted by Gasteiger charge is -2.18. The quantitative estimate of drug-likeness (QED) is 0.488. The van der Waals surface area contributed by atoms with Crippen LogP contribution in [-0.2, 0) is 16.0 Å². The van der Waals surface area contributed by atoms with Crippen molar-refractivity contribution in [2.75, 3.05) is 6.61 Å². The first-order chi connectivity index (χ1) is 8.40. The van der Waals surface area contributed by atoms with Gasteiger partial charge < -0.3 is 9.84 Å². The molecule has 0 aliphatic heterocycles. The fourth-order valence-electron chi connectivity index (χ4n) is 1.51. The molecule has 1 rings (SSSR count). The summed E-state index contributed by atoms with van der Waals surface area (Å²) in [5.41, 5.74) is -1.23. The smallest absolute Gasteiger partial charge is 0.384 e. The second kappa shape index (κ2) is 5.48. The molecule has 0 bridgehead atoms. The van der Waals surface area contributed by atoms with Gasteiger partial charge in [0, 0.05) is 11.8 Å². The van der Waals surface area contributed by atoms with Crippen molar-refractivity contribution in [3.8, 4) is 5.75 Å². The fourth-order valence-corrected chi connectivity index (χ4v) is 1.51. The summed E-state index contributed by atoms with van der Waals surface area (Å²) in [6.45, 7) is 2.93. The number of ether oxygens (including phenoxy) is 1. The Kier molecular flexibility index (Phi) is 4.25. The van der Waals surface area contributed by atoms with E-state index in [2.05, 4.69) is 0 Å². The third kappa shape index (κ3) is 2.97. The van der Waals surface area contributed by atoms with Crippen molar-refractivity contribution in [3.05, 3.63) is 39.9 Å². The lowest BCUT2D eigenvalue weighted by atomic mass is 9.93. The van der Waals surface area contributed by atoms with Gasteiger partial charge in [-0.3, -0.25) is 10.1 Å². The monoisotopic (exact) mass is 253 g/mol. The summed E-state index contributed by atoms with van der Waals surface area (Å²) in [7, 11) is 0. The summed E-state index contributed by atoms with van der Waals surface area (Å²) in [5, 5.41) is 20.2. The number of carbonyl (C=O) groups excluding carboxylic acids is 1. The van der Waals surface area contributed by atoms with Crippen molar-refractivity contribution in [1.29, 1.82) is 0 Å². The van der Waals surface area contributed by atoms with Crippen LogP contribution in [0.1, 0.15) is 19.4 Å². The molecule has 0 saturated heterocycles. The molecule has 18 heavy (non-hydrogen) atoms. The molecule has 1 aromatic rings. The summed E-state index contributed by atoms with van der Waals surface area (Å²) in [6, 6.07) is 5.91. The third-order valence-electron chi connectivity index (χ3n) is 2.60. The number of benzene rings is 1. The Balaban J connectivity index is 2.96. The Hall–Kier alpha value is -2.11. The van der Waals surface area contributed by atoms with E-state index in [1.54, 1.807) is 6.92 Å². The normalized spacial score (nSPS) is 13.7. The van der Waals surface area contributed by atoms with Gasteiger partial charge >= 0.3 is 11.5 Å². The van der Waals surface area contributed by atoms with E-state index in [1.807, 2.05) is 0 Å². The lowest BCUT2D eigenvalue weighted by molar-refractivity contribution is -0.550. The molecule has 0 aliphatic rings. The molecule has 0 saturated carbocycles. The van der Waals surface area contributed by atoms with E-state index in [9.17, 15) is 14.9 Å². The number of rotatable bonds is 5. The molecule has 0 aromatic heterocycles. The van der Waals surface area contributed by atoms with Crippen molar-refractivity contribution in [2.24, 2.45) is 0 Å². The number of esters is 1. The average molecular weight is 253 g/mol. The Morgan fingerprint density at radius 3 is 2.44 bits per heavy atom. The van der Waals surface area contributed by atoms with E-state index in [1.165, 1.54) is 31.2 Å². The van der Waals surface area contributed by atoms with Crippen LogP contribution >= 0.6 is 0 Å². The summed E-state index contributed by atoms with van der Waals surface area (Å²) in [6.07, 6.45) is -0.0842. The first-order valence-corrected chi connectivity index (χ1v) is 5.49. The molecule has 98 valence electrons. The van der Waals surface area contributed by atoms with Crippen LogP contribution in [0.5, 0.6) is 5.75 Å². The number of hydrogen-bond donors (Lipinski definition) is 1. The van der Waals surface area contributed by atoms with Gasteiger partial charge in [0.25, 0.3) is 0 Å². The highest BCUT2D eigenvalue weighted by Crippen LogP contribution is 2.20. The van der Waals surface area contributed by atoms with E-state index in [0.717, 1.165) is 0 Å². The minimum Gasteiger partial charge on any atom is -0.508 e. The Morgan fingerprint density at radius 2 is 2.00 bits per heavy atom. The van der Waals surface area contributed by atoms with Gasteiger partial charge in [-0.1, -0.05) is 12.1 Å². The molecule has 0 amide bonds. The maximum absolute atomic E-state index is 11.7. The van der Waals surface area contributed by atoms with Gasteiger partial charge in [0.05, 0.1) is 13.0 Å². The molecule has 0 aliphatic carbocycles. The Labute approximate surface area is 104 Å². The molecule has 6 heteroatoms. The zero-order valence-corrected chi connectivity index (χ0v) is 10.3. The van der Waals surface area contributed by atoms with Crippen LogP contribution in [0.25, 0.3) is 0 Å². The van der Waals surface area contributed by atoms with Crippen LogP contribution in [0.4, 0.5) is 0 Å². The predicted octanol–water partition coefficient (Wildman–Crippen LogP) is 1.53. The van der Waals surface area contributed by atoms with Crippen molar-refractivity contribution in [1.82, 2.24) is 0 Å². The summed E-state index contributed by atoms with van der Waals surface area (Å²) < 4.78 is 4.73. The van der Waals surface area contributed by atoms with Gasteiger partial charge in [-0.2, -0.15) is 0 Å². The maximum atomic E-state index is 11.7. The van der Waals surface area contributed by atoms with Crippen molar-refractivity contribution in [2.45, 2.75) is 25.8 Å². The SMILES string of the molecule is CCOC(=O)C(C)(Cc1ccc(O)cc1)[N+](=O)[O-]. The number of carbonyl (C=O) groups is 1. The van der Waals surface area contributed by atoms with Crippen molar-refractivity contribution >= 4 is 5.97 Å². The van der Waals surface area contributed by atoms with Gasteiger partial charge in [-0.05, 0) is 24.6 Å². The molecule has 1 N–H and O–H groups in total. The topological polar surface area (TPSA) is 89.7 Å². The number of nitrogens with zero attached hydrogens (tertiary/aromatic N) is 1.